The van der Waals surface area contributed by atoms with E-state index in [-0.39, 0.29) is 57.5 Å². The minimum Gasteiger partial charge on any atom is -0.511 e. The van der Waals surface area contributed by atoms with Crippen LogP contribution in [0.2, 0.25) is 0 Å². The van der Waals surface area contributed by atoms with E-state index in [0.29, 0.717) is 0 Å². The van der Waals surface area contributed by atoms with E-state index in [9.17, 15) is 39.3 Å². The summed E-state index contributed by atoms with van der Waals surface area (Å²) in [6.07, 6.45) is -0.803. The monoisotopic (exact) mass is 594 g/mol. The van der Waals surface area contributed by atoms with E-state index in [1.807, 2.05) is 13.8 Å². The van der Waals surface area contributed by atoms with E-state index in [4.69, 9.17) is 4.74 Å². The zero-order valence-electron chi connectivity index (χ0n) is 26.6. The number of aliphatic hydroxyl groups is 1. The molecule has 0 fully saturated rings. The SMILES string of the molecule is CC(C)C(=O)c1c(O)c([C@@H](C2=C(O)CC(=O)CC2=O)C(C)C)c(O)c2c1OC1=C(C(=O)C(C)(C)C(=O)C1(C)C)[C@@H]2C(C)C. The molecule has 0 aromatic heterocycles. The molecule has 0 radical (unpaired) electrons. The van der Waals surface area contributed by atoms with Gasteiger partial charge in [0, 0.05) is 40.0 Å². The zero-order valence-corrected chi connectivity index (χ0v) is 26.6. The van der Waals surface area contributed by atoms with Gasteiger partial charge < -0.3 is 20.1 Å². The molecule has 3 aliphatic rings. The van der Waals surface area contributed by atoms with Crippen LogP contribution in [0.5, 0.6) is 17.2 Å². The standard InChI is InChI=1S/C34H42O9/c1-13(2)19(21-17(36)11-16(35)12-18(21)37)22-27(39)23-20(14(3)4)24-30(41)33(7,8)32(42)34(9,10)31(24)43-29(23)25(28(22)40)26(38)15(5)6/h13-15,19-20,36,39-40H,11-12H2,1-10H3/t19-,20-/m1/s1. The number of aliphatic hydroxyl groups excluding tert-OH is 1. The summed E-state index contributed by atoms with van der Waals surface area (Å²) < 4.78 is 6.35. The molecule has 4 rings (SSSR count). The molecule has 9 nitrogen and oxygen atoms in total. The maximum Gasteiger partial charge on any atom is 0.175 e. The highest BCUT2D eigenvalue weighted by atomic mass is 16.5. The van der Waals surface area contributed by atoms with Gasteiger partial charge in [0.15, 0.2) is 23.1 Å². The lowest BCUT2D eigenvalue weighted by Gasteiger charge is -2.46. The lowest BCUT2D eigenvalue weighted by molar-refractivity contribution is -0.145. The fourth-order valence-corrected chi connectivity index (χ4v) is 7.03. The van der Waals surface area contributed by atoms with Crippen LogP contribution in [0, 0.1) is 28.6 Å². The summed E-state index contributed by atoms with van der Waals surface area (Å²) in [6.45, 7) is 16.8. The number of carbonyl (C=O) groups excluding carboxylic acids is 5. The zero-order chi connectivity index (χ0) is 32.7. The van der Waals surface area contributed by atoms with Gasteiger partial charge >= 0.3 is 0 Å². The maximum atomic E-state index is 14.0. The maximum absolute atomic E-state index is 14.0. The molecule has 2 atom stereocenters. The Labute approximate surface area is 252 Å². The van der Waals surface area contributed by atoms with Crippen LogP contribution in [0.1, 0.15) is 115 Å². The number of hydrogen-bond acceptors (Lipinski definition) is 9. The van der Waals surface area contributed by atoms with Gasteiger partial charge in [0.05, 0.1) is 23.7 Å². The number of ketones is 5. The van der Waals surface area contributed by atoms with E-state index in [0.717, 1.165) is 0 Å². The molecule has 3 N–H and O–H groups in total. The highest BCUT2D eigenvalue weighted by Gasteiger charge is 2.58. The van der Waals surface area contributed by atoms with Crippen molar-refractivity contribution in [3.8, 4) is 17.2 Å². The molecule has 9 heteroatoms. The minimum absolute atomic E-state index is 0.0825. The topological polar surface area (TPSA) is 155 Å². The molecule has 0 spiro atoms. The predicted octanol–water partition coefficient (Wildman–Crippen LogP) is 6.01. The predicted molar refractivity (Wildman–Crippen MR) is 158 cm³/mol. The van der Waals surface area contributed by atoms with Crippen LogP contribution in [-0.2, 0) is 19.2 Å². The molecule has 1 aromatic carbocycles. The largest absolute Gasteiger partial charge is 0.511 e. The fourth-order valence-electron chi connectivity index (χ4n) is 7.03. The van der Waals surface area contributed by atoms with E-state index in [1.165, 1.54) is 0 Å². The number of hydrogen-bond donors (Lipinski definition) is 3. The molecule has 232 valence electrons. The van der Waals surface area contributed by atoms with Crippen molar-refractivity contribution >= 4 is 28.9 Å². The van der Waals surface area contributed by atoms with Crippen LogP contribution in [-0.4, -0.2) is 44.2 Å². The van der Waals surface area contributed by atoms with Crippen LogP contribution in [0.4, 0.5) is 0 Å². The number of fused-ring (bicyclic) bond motifs is 1. The summed E-state index contributed by atoms with van der Waals surface area (Å²) in [5.74, 6) is -7.39. The summed E-state index contributed by atoms with van der Waals surface area (Å²) in [6, 6.07) is 0. The van der Waals surface area contributed by atoms with Crippen molar-refractivity contribution in [3.63, 3.8) is 0 Å². The Hall–Kier alpha value is -3.75. The molecule has 1 heterocycles. The van der Waals surface area contributed by atoms with Gasteiger partial charge in [0.25, 0.3) is 0 Å². The van der Waals surface area contributed by atoms with Gasteiger partial charge in [0.1, 0.15) is 40.1 Å². The Kier molecular flexibility index (Phi) is 7.82. The lowest BCUT2D eigenvalue weighted by Crippen LogP contribution is -2.52. The summed E-state index contributed by atoms with van der Waals surface area (Å²) in [4.78, 5) is 66.7. The van der Waals surface area contributed by atoms with Crippen LogP contribution >= 0.6 is 0 Å². The van der Waals surface area contributed by atoms with Crippen molar-refractivity contribution in [2.24, 2.45) is 28.6 Å². The van der Waals surface area contributed by atoms with Gasteiger partial charge in [-0.25, -0.2) is 0 Å². The van der Waals surface area contributed by atoms with Gasteiger partial charge in [-0.1, -0.05) is 41.5 Å². The smallest absolute Gasteiger partial charge is 0.175 e. The van der Waals surface area contributed by atoms with E-state index in [2.05, 4.69) is 0 Å². The Morgan fingerprint density at radius 3 is 1.93 bits per heavy atom. The molecule has 0 amide bonds. The van der Waals surface area contributed by atoms with Crippen molar-refractivity contribution in [2.75, 3.05) is 0 Å². The molecule has 43 heavy (non-hydrogen) atoms. The second-order valence-corrected chi connectivity index (χ2v) is 14.1. The van der Waals surface area contributed by atoms with Crippen molar-refractivity contribution in [2.45, 2.75) is 93.9 Å². The Morgan fingerprint density at radius 2 is 1.44 bits per heavy atom. The average molecular weight is 595 g/mol. The second kappa shape index (κ2) is 10.5. The third kappa shape index (κ3) is 4.62. The fraction of sp³-hybridized carbons (Fsp3) is 0.559. The molecule has 0 unspecified atom stereocenters. The van der Waals surface area contributed by atoms with Crippen molar-refractivity contribution in [3.05, 3.63) is 39.4 Å². The van der Waals surface area contributed by atoms with Crippen molar-refractivity contribution in [1.82, 2.24) is 0 Å². The van der Waals surface area contributed by atoms with Gasteiger partial charge in [-0.05, 0) is 39.5 Å². The first-order chi connectivity index (χ1) is 19.7. The number of aromatic hydroxyl groups is 2. The van der Waals surface area contributed by atoms with Crippen LogP contribution in [0.3, 0.4) is 0 Å². The van der Waals surface area contributed by atoms with Crippen LogP contribution in [0.25, 0.3) is 0 Å². The van der Waals surface area contributed by atoms with E-state index in [1.54, 1.807) is 55.4 Å². The first kappa shape index (κ1) is 32.2. The molecule has 1 aliphatic heterocycles. The number of benzene rings is 1. The Morgan fingerprint density at radius 1 is 0.860 bits per heavy atom. The van der Waals surface area contributed by atoms with E-state index < -0.39 is 81.3 Å². The first-order valence-electron chi connectivity index (χ1n) is 14.8. The summed E-state index contributed by atoms with van der Waals surface area (Å²) >= 11 is 0. The molecule has 0 saturated heterocycles. The van der Waals surface area contributed by atoms with Gasteiger partial charge in [0.2, 0.25) is 0 Å². The van der Waals surface area contributed by atoms with Crippen molar-refractivity contribution < 1.29 is 44.0 Å². The Balaban J connectivity index is 2.19. The van der Waals surface area contributed by atoms with Crippen LogP contribution < -0.4 is 4.74 Å². The Bertz CT molecular complexity index is 1550. The first-order valence-corrected chi connectivity index (χ1v) is 14.8. The second-order valence-electron chi connectivity index (χ2n) is 14.1. The number of allylic oxidation sites excluding steroid dienone is 4. The summed E-state index contributed by atoms with van der Waals surface area (Å²) in [5, 5.41) is 34.8. The van der Waals surface area contributed by atoms with E-state index >= 15 is 0 Å². The van der Waals surface area contributed by atoms with Gasteiger partial charge in [-0.3, -0.25) is 24.0 Å². The third-order valence-corrected chi connectivity index (χ3v) is 9.12. The van der Waals surface area contributed by atoms with Crippen molar-refractivity contribution in [1.29, 1.82) is 0 Å². The average Bonchev–Trinajstić information content (AvgIpc) is 2.88. The number of phenols is 2. The third-order valence-electron chi connectivity index (χ3n) is 9.12. The lowest BCUT2D eigenvalue weighted by atomic mass is 9.59. The molecule has 0 bridgehead atoms. The minimum atomic E-state index is -1.39. The highest BCUT2D eigenvalue weighted by Crippen LogP contribution is 2.61. The van der Waals surface area contributed by atoms with Gasteiger partial charge in [-0.2, -0.15) is 0 Å². The highest BCUT2D eigenvalue weighted by molar-refractivity contribution is 6.20. The molecule has 1 aromatic rings. The summed E-state index contributed by atoms with van der Waals surface area (Å²) in [5.41, 5.74) is -2.83. The van der Waals surface area contributed by atoms with Gasteiger partial charge in [-0.15, -0.1) is 0 Å². The molecular formula is C34H42O9. The normalized spacial score (nSPS) is 22.3. The quantitative estimate of drug-likeness (QED) is 0.265. The number of ether oxygens (including phenoxy) is 1. The summed E-state index contributed by atoms with van der Waals surface area (Å²) in [7, 11) is 0. The molecular weight excluding hydrogens is 552 g/mol. The number of rotatable bonds is 6. The number of Topliss-reactive ketones (excluding diaryl/α,β-unsaturated/α-hetero) is 5. The molecule has 2 aliphatic carbocycles. The number of carbonyl (C=O) groups is 5. The molecule has 0 saturated carbocycles. The van der Waals surface area contributed by atoms with Crippen LogP contribution in [0.15, 0.2) is 22.7 Å². The number of phenolic OH excluding ortho intramolecular Hbond substituents is 2.